The van der Waals surface area contributed by atoms with Crippen molar-refractivity contribution < 1.29 is 0 Å². The molecule has 8 aromatic rings. The van der Waals surface area contributed by atoms with Crippen LogP contribution in [0.4, 0.5) is 0 Å². The summed E-state index contributed by atoms with van der Waals surface area (Å²) in [5.74, 6) is 0. The van der Waals surface area contributed by atoms with Gasteiger partial charge in [-0.2, -0.15) is 0 Å². The van der Waals surface area contributed by atoms with Crippen LogP contribution in [0.5, 0.6) is 0 Å². The van der Waals surface area contributed by atoms with Crippen molar-refractivity contribution in [3.8, 4) is 0 Å². The van der Waals surface area contributed by atoms with E-state index in [2.05, 4.69) is 120 Å². The summed E-state index contributed by atoms with van der Waals surface area (Å²) in [6.07, 6.45) is 0. The fourth-order valence-corrected chi connectivity index (χ4v) is 5.90. The van der Waals surface area contributed by atoms with Crippen molar-refractivity contribution >= 4 is 70.4 Å². The van der Waals surface area contributed by atoms with E-state index in [1.807, 2.05) is 0 Å². The van der Waals surface area contributed by atoms with Gasteiger partial charge in [0.05, 0.1) is 16.6 Å². The summed E-state index contributed by atoms with van der Waals surface area (Å²) in [6, 6.07) is 42.3. The van der Waals surface area contributed by atoms with Crippen molar-refractivity contribution in [2.75, 3.05) is 0 Å². The second-order valence-electron chi connectivity index (χ2n) is 8.98. The summed E-state index contributed by atoms with van der Waals surface area (Å²) in [6.45, 7) is 0. The van der Waals surface area contributed by atoms with Crippen LogP contribution in [0.15, 0.2) is 115 Å². The van der Waals surface area contributed by atoms with Crippen LogP contribution in [0.3, 0.4) is 0 Å². The van der Waals surface area contributed by atoms with Crippen LogP contribution >= 0.6 is 0 Å². The molecule has 0 aliphatic rings. The molecule has 6 aromatic carbocycles. The molecule has 0 amide bonds. The number of hydrogen-bond acceptors (Lipinski definition) is 0. The molecule has 0 unspecified atom stereocenters. The Morgan fingerprint density at radius 3 is 1.58 bits per heavy atom. The Labute approximate surface area is 190 Å². The lowest BCUT2D eigenvalue weighted by Gasteiger charge is -2.16. The number of benzene rings is 6. The monoisotopic (exact) mass is 417 g/mol. The lowest BCUT2D eigenvalue weighted by Crippen LogP contribution is -1.93. The first-order valence-electron chi connectivity index (χ1n) is 11.5. The molecule has 0 saturated carbocycles. The predicted octanol–water partition coefficient (Wildman–Crippen LogP) is 8.86. The molecule has 33 heavy (non-hydrogen) atoms. The molecule has 0 saturated heterocycles. The highest BCUT2D eigenvalue weighted by molar-refractivity contribution is 6.35. The summed E-state index contributed by atoms with van der Waals surface area (Å²) in [5, 5.41) is 13.1. The predicted molar refractivity (Wildman–Crippen MR) is 142 cm³/mol. The lowest BCUT2D eigenvalue weighted by molar-refractivity contribution is 1.35. The van der Waals surface area contributed by atoms with Gasteiger partial charge in [-0.25, -0.2) is 0 Å². The van der Waals surface area contributed by atoms with E-state index in [1.165, 1.54) is 70.4 Å². The molecule has 2 heterocycles. The van der Waals surface area contributed by atoms with Gasteiger partial charge in [0.1, 0.15) is 0 Å². The third kappa shape index (κ3) is 2.16. The van der Waals surface area contributed by atoms with E-state index in [9.17, 15) is 0 Å². The smallest absolute Gasteiger partial charge is 0.0554 e. The molecule has 8 rings (SSSR count). The molecule has 1 heteroatoms. The molecular weight excluding hydrogens is 398 g/mol. The van der Waals surface area contributed by atoms with Gasteiger partial charge in [-0.3, -0.25) is 0 Å². The molecule has 0 spiro atoms. The number of hydrogen-bond donors (Lipinski definition) is 0. The molecule has 0 atom stereocenters. The average molecular weight is 418 g/mol. The van der Waals surface area contributed by atoms with Gasteiger partial charge in [-0.05, 0) is 56.6 Å². The maximum Gasteiger partial charge on any atom is 0.0554 e. The fraction of sp³-hybridized carbons (Fsp3) is 0. The van der Waals surface area contributed by atoms with Crippen molar-refractivity contribution in [3.63, 3.8) is 0 Å². The average Bonchev–Trinajstić information content (AvgIpc) is 3.27. The molecule has 0 bridgehead atoms. The third-order valence-corrected chi connectivity index (χ3v) is 7.27. The quantitative estimate of drug-likeness (QED) is 0.171. The van der Waals surface area contributed by atoms with Crippen molar-refractivity contribution in [3.05, 3.63) is 115 Å². The summed E-state index contributed by atoms with van der Waals surface area (Å²) in [7, 11) is 0. The molecular formula is C32H19N. The molecule has 2 aromatic heterocycles. The maximum atomic E-state index is 2.47. The lowest BCUT2D eigenvalue weighted by atomic mass is 9.91. The normalized spacial score (nSPS) is 12.2. The minimum Gasteiger partial charge on any atom is -0.309 e. The maximum absolute atomic E-state index is 2.47. The van der Waals surface area contributed by atoms with Crippen molar-refractivity contribution in [1.29, 1.82) is 0 Å². The number of pyridine rings is 1. The van der Waals surface area contributed by atoms with Crippen LogP contribution in [0.1, 0.15) is 0 Å². The Balaban J connectivity index is 1.84. The van der Waals surface area contributed by atoms with Crippen molar-refractivity contribution in [1.82, 2.24) is 4.40 Å². The molecule has 0 radical (unpaired) electrons. The Bertz CT molecular complexity index is 2070. The highest BCUT2D eigenvalue weighted by atomic mass is 14.9. The summed E-state index contributed by atoms with van der Waals surface area (Å²) in [5.41, 5.74) is 3.79. The number of rotatable bonds is 0. The SMILES string of the molecule is c1ccc2cc3c(cc2c1)c1c2ccccc2c2ccccc2c1c1cc2ccccc2n31. The van der Waals surface area contributed by atoms with E-state index in [-0.39, 0.29) is 0 Å². The molecule has 0 N–H and O–H groups in total. The van der Waals surface area contributed by atoms with E-state index >= 15 is 0 Å². The first-order valence-corrected chi connectivity index (χ1v) is 11.5. The Hall–Kier alpha value is -4.36. The van der Waals surface area contributed by atoms with Gasteiger partial charge in [0.2, 0.25) is 0 Å². The van der Waals surface area contributed by atoms with Gasteiger partial charge in [0, 0.05) is 21.5 Å². The van der Waals surface area contributed by atoms with E-state index in [4.69, 9.17) is 0 Å². The summed E-state index contributed by atoms with van der Waals surface area (Å²) < 4.78 is 2.47. The van der Waals surface area contributed by atoms with Crippen molar-refractivity contribution in [2.24, 2.45) is 0 Å². The van der Waals surface area contributed by atoms with Crippen LogP contribution in [-0.2, 0) is 0 Å². The highest BCUT2D eigenvalue weighted by Crippen LogP contribution is 2.43. The zero-order chi connectivity index (χ0) is 21.5. The van der Waals surface area contributed by atoms with Crippen LogP contribution in [0, 0.1) is 0 Å². The van der Waals surface area contributed by atoms with Crippen LogP contribution in [-0.4, -0.2) is 4.40 Å². The number of nitrogens with zero attached hydrogens (tertiary/aromatic N) is 1. The first kappa shape index (κ1) is 17.2. The van der Waals surface area contributed by atoms with Gasteiger partial charge < -0.3 is 4.40 Å². The van der Waals surface area contributed by atoms with Gasteiger partial charge >= 0.3 is 0 Å². The molecule has 0 fully saturated rings. The van der Waals surface area contributed by atoms with E-state index in [1.54, 1.807) is 0 Å². The topological polar surface area (TPSA) is 4.41 Å². The molecule has 1 nitrogen and oxygen atoms in total. The third-order valence-electron chi connectivity index (χ3n) is 7.27. The second-order valence-corrected chi connectivity index (χ2v) is 8.98. The van der Waals surface area contributed by atoms with E-state index in [0.29, 0.717) is 0 Å². The number of para-hydroxylation sites is 1. The van der Waals surface area contributed by atoms with E-state index < -0.39 is 0 Å². The largest absolute Gasteiger partial charge is 0.309 e. The van der Waals surface area contributed by atoms with Crippen LogP contribution in [0.25, 0.3) is 70.4 Å². The van der Waals surface area contributed by atoms with Gasteiger partial charge in [-0.15, -0.1) is 0 Å². The standard InChI is InChI=1S/C32H19N/c1-2-10-21-18-29-27(17-20(21)9-1)31-25-14-6-4-12-23(25)24-13-5-7-15-26(24)32(31)30-19-22-11-3-8-16-28(22)33(29)30/h1-19H. The molecule has 0 aliphatic heterocycles. The Morgan fingerprint density at radius 1 is 0.333 bits per heavy atom. The van der Waals surface area contributed by atoms with Gasteiger partial charge in [0.15, 0.2) is 0 Å². The van der Waals surface area contributed by atoms with Crippen LogP contribution in [0.2, 0.25) is 0 Å². The zero-order valence-corrected chi connectivity index (χ0v) is 17.9. The van der Waals surface area contributed by atoms with Crippen molar-refractivity contribution in [2.45, 2.75) is 0 Å². The van der Waals surface area contributed by atoms with E-state index in [0.717, 1.165) is 0 Å². The first-order chi connectivity index (χ1) is 16.4. The van der Waals surface area contributed by atoms with Gasteiger partial charge in [0.25, 0.3) is 0 Å². The summed E-state index contributed by atoms with van der Waals surface area (Å²) in [4.78, 5) is 0. The second kappa shape index (κ2) is 6.11. The minimum atomic E-state index is 1.26. The zero-order valence-electron chi connectivity index (χ0n) is 17.9. The van der Waals surface area contributed by atoms with Gasteiger partial charge in [-0.1, -0.05) is 91.0 Å². The molecule has 0 aliphatic carbocycles. The Morgan fingerprint density at radius 2 is 0.848 bits per heavy atom. The number of aromatic nitrogens is 1. The molecule has 152 valence electrons. The minimum absolute atomic E-state index is 1.26. The van der Waals surface area contributed by atoms with Crippen LogP contribution < -0.4 is 0 Å². The highest BCUT2D eigenvalue weighted by Gasteiger charge is 2.18. The number of fused-ring (bicyclic) bond motifs is 14. The summed E-state index contributed by atoms with van der Waals surface area (Å²) >= 11 is 0. The fourth-order valence-electron chi connectivity index (χ4n) is 5.90. The Kier molecular flexibility index (Phi) is 3.19.